The van der Waals surface area contributed by atoms with Crippen molar-refractivity contribution in [3.63, 3.8) is 0 Å². The number of nitrogens with zero attached hydrogens (tertiary/aromatic N) is 4. The number of nitro groups is 1. The molecule has 1 unspecified atom stereocenters. The van der Waals surface area contributed by atoms with E-state index in [1.165, 1.54) is 70.0 Å². The number of fused-ring (bicyclic) bond motifs is 1. The first kappa shape index (κ1) is 42.4. The van der Waals surface area contributed by atoms with Gasteiger partial charge in [-0.25, -0.2) is 18.1 Å². The first-order valence-electron chi connectivity index (χ1n) is 23.1. The fraction of sp³-hybridized carbons (Fsp3) is 0.469. The van der Waals surface area contributed by atoms with E-state index in [2.05, 4.69) is 54.1 Å². The third-order valence-electron chi connectivity index (χ3n) is 14.6. The van der Waals surface area contributed by atoms with Crippen LogP contribution in [-0.2, 0) is 14.8 Å². The number of ether oxygens (including phenoxy) is 2. The van der Waals surface area contributed by atoms with Crippen molar-refractivity contribution in [2.75, 3.05) is 49.6 Å². The first-order valence-corrected chi connectivity index (χ1v) is 24.6. The lowest BCUT2D eigenvalue weighted by atomic mass is 9.59. The number of pyridine rings is 1. The molecule has 3 aromatic carbocycles. The Morgan fingerprint density at radius 1 is 0.922 bits per heavy atom. The molecule has 10 rings (SSSR count). The fourth-order valence-corrected chi connectivity index (χ4v) is 11.8. The lowest BCUT2D eigenvalue weighted by Gasteiger charge is -2.57. The Balaban J connectivity index is 0.845. The van der Waals surface area contributed by atoms with Crippen LogP contribution in [-0.4, -0.2) is 79.6 Å². The smallest absolute Gasteiger partial charge is 0.293 e. The molecule has 15 heteroatoms. The number of nitrogens with one attached hydrogen (secondary N) is 3. The van der Waals surface area contributed by atoms with Crippen LogP contribution in [0, 0.1) is 21.4 Å². The largest absolute Gasteiger partial charge is 0.455 e. The van der Waals surface area contributed by atoms with E-state index < -0.39 is 31.4 Å². The molecule has 1 atom stereocenters. The Labute approximate surface area is 374 Å². The summed E-state index contributed by atoms with van der Waals surface area (Å²) in [5, 5.41) is 16.0. The van der Waals surface area contributed by atoms with Crippen LogP contribution in [0.3, 0.4) is 0 Å². The number of hydrogen-bond donors (Lipinski definition) is 3. The molecule has 3 N–H and O–H groups in total. The normalized spacial score (nSPS) is 21.0. The summed E-state index contributed by atoms with van der Waals surface area (Å²) in [6.07, 6.45) is 17.3. The summed E-state index contributed by atoms with van der Waals surface area (Å²) in [6, 6.07) is 22.9. The quantitative estimate of drug-likeness (QED) is 0.0760. The highest BCUT2D eigenvalue weighted by Gasteiger charge is 2.49. The van der Waals surface area contributed by atoms with Crippen molar-refractivity contribution in [2.45, 2.75) is 99.9 Å². The molecule has 3 saturated heterocycles. The Morgan fingerprint density at radius 2 is 1.72 bits per heavy atom. The van der Waals surface area contributed by atoms with Gasteiger partial charge in [-0.2, -0.15) is 0 Å². The molecule has 0 bridgehead atoms. The molecule has 2 aromatic heterocycles. The fourth-order valence-electron chi connectivity index (χ4n) is 10.8. The summed E-state index contributed by atoms with van der Waals surface area (Å²) in [5.41, 5.74) is 4.83. The van der Waals surface area contributed by atoms with Crippen molar-refractivity contribution in [1.29, 1.82) is 0 Å². The predicted octanol–water partition coefficient (Wildman–Crippen LogP) is 9.46. The number of hydrogen-bond acceptors (Lipinski definition) is 11. The topological polar surface area (TPSA) is 172 Å². The zero-order valence-corrected chi connectivity index (χ0v) is 37.0. The maximum atomic E-state index is 14.0. The van der Waals surface area contributed by atoms with Gasteiger partial charge in [-0.15, -0.1) is 0 Å². The van der Waals surface area contributed by atoms with E-state index >= 15 is 0 Å². The van der Waals surface area contributed by atoms with Gasteiger partial charge in [0.15, 0.2) is 0 Å². The van der Waals surface area contributed by atoms with Gasteiger partial charge < -0.3 is 24.7 Å². The number of aromatic amines is 1. The Hall–Kier alpha value is -5.51. The number of piperidine rings is 1. The van der Waals surface area contributed by atoms with Crippen LogP contribution in [0.2, 0.25) is 0 Å². The number of likely N-dealkylation sites (tertiary alicyclic amines) is 1. The summed E-state index contributed by atoms with van der Waals surface area (Å²) >= 11 is 0. The van der Waals surface area contributed by atoms with Crippen LogP contribution in [0.4, 0.5) is 17.1 Å². The van der Waals surface area contributed by atoms with Crippen LogP contribution >= 0.6 is 0 Å². The van der Waals surface area contributed by atoms with Crippen molar-refractivity contribution in [2.24, 2.45) is 11.3 Å². The maximum Gasteiger partial charge on any atom is 0.293 e. The van der Waals surface area contributed by atoms with Crippen LogP contribution in [0.15, 0.2) is 90.1 Å². The molecule has 5 aromatic rings. The number of rotatable bonds is 13. The van der Waals surface area contributed by atoms with Gasteiger partial charge >= 0.3 is 0 Å². The highest BCUT2D eigenvalue weighted by Crippen LogP contribution is 2.54. The van der Waals surface area contributed by atoms with Gasteiger partial charge in [0, 0.05) is 74.3 Å². The van der Waals surface area contributed by atoms with E-state index in [4.69, 9.17) is 9.47 Å². The Kier molecular flexibility index (Phi) is 11.8. The summed E-state index contributed by atoms with van der Waals surface area (Å²) in [7, 11) is -4.54. The molecule has 1 spiro atoms. The van der Waals surface area contributed by atoms with Crippen LogP contribution < -0.4 is 19.7 Å². The number of carbonyl (C=O) groups excluding carboxylic acids is 1. The van der Waals surface area contributed by atoms with E-state index in [1.54, 1.807) is 41.7 Å². The van der Waals surface area contributed by atoms with Gasteiger partial charge in [-0.05, 0) is 136 Å². The molecule has 2 saturated carbocycles. The number of sulfonamides is 1. The number of amides is 1. The maximum absolute atomic E-state index is 14.0. The molecule has 336 valence electrons. The lowest BCUT2D eigenvalue weighted by molar-refractivity contribution is -0.384. The van der Waals surface area contributed by atoms with Gasteiger partial charge in [-0.1, -0.05) is 37.1 Å². The Morgan fingerprint density at radius 3 is 2.50 bits per heavy atom. The van der Waals surface area contributed by atoms with Crippen molar-refractivity contribution < 1.29 is 27.6 Å². The predicted molar refractivity (Wildman–Crippen MR) is 246 cm³/mol. The average molecular weight is 888 g/mol. The molecule has 5 heterocycles. The van der Waals surface area contributed by atoms with E-state index in [9.17, 15) is 23.3 Å². The highest BCUT2D eigenvalue weighted by atomic mass is 32.2. The van der Waals surface area contributed by atoms with Crippen molar-refractivity contribution >= 4 is 44.0 Å². The molecular formula is C49H57N7O7S. The summed E-state index contributed by atoms with van der Waals surface area (Å²) in [5.74, 6) is 0.647. The second-order valence-electron chi connectivity index (χ2n) is 18.7. The summed E-state index contributed by atoms with van der Waals surface area (Å²) < 4.78 is 41.4. The molecule has 5 fully saturated rings. The number of nitro benzene ring substituents is 1. The number of anilines is 2. The van der Waals surface area contributed by atoms with Gasteiger partial charge in [0.2, 0.25) is 0 Å². The van der Waals surface area contributed by atoms with Gasteiger partial charge in [0.25, 0.3) is 21.6 Å². The van der Waals surface area contributed by atoms with E-state index in [1.807, 2.05) is 12.1 Å². The molecule has 64 heavy (non-hydrogen) atoms. The summed E-state index contributed by atoms with van der Waals surface area (Å²) in [6.45, 7) is 4.65. The van der Waals surface area contributed by atoms with Gasteiger partial charge in [0.1, 0.15) is 22.8 Å². The van der Waals surface area contributed by atoms with E-state index in [0.29, 0.717) is 48.7 Å². The van der Waals surface area contributed by atoms with Gasteiger partial charge in [0.05, 0.1) is 21.6 Å². The number of benzene rings is 3. The average Bonchev–Trinajstić information content (AvgIpc) is 4.09. The monoisotopic (exact) mass is 887 g/mol. The molecule has 3 aliphatic heterocycles. The molecule has 0 radical (unpaired) electrons. The Bertz CT molecular complexity index is 2630. The zero-order valence-electron chi connectivity index (χ0n) is 36.2. The first-order chi connectivity index (χ1) is 31.1. The zero-order chi connectivity index (χ0) is 43.8. The molecule has 2 aliphatic carbocycles. The number of carbonyl (C=O) groups is 1. The third kappa shape index (κ3) is 8.94. The van der Waals surface area contributed by atoms with Crippen LogP contribution in [0.5, 0.6) is 11.5 Å². The van der Waals surface area contributed by atoms with E-state index in [-0.39, 0.29) is 22.9 Å². The SMILES string of the molecule is O=C(NS(=O)(=O)c1ccc(NCC2CCOCC2)c([N+](=O)[O-])c1)c1ccc(N2CCC3(CC2)CC(N2CCCCCC2c2ccccc2C2CC2)C3)cc1Oc1cnc2[nH]ccc2c1. The summed E-state index contributed by atoms with van der Waals surface area (Å²) in [4.78, 5) is 37.8. The van der Waals surface area contributed by atoms with Crippen molar-refractivity contribution in [3.8, 4) is 11.5 Å². The third-order valence-corrected chi connectivity index (χ3v) is 15.9. The van der Waals surface area contributed by atoms with E-state index in [0.717, 1.165) is 61.8 Å². The standard InChI is InChI=1S/C49H57N7O7S/c57-48(53-64(60,61)39-12-14-43(45(28-39)56(58)59)51-31-33-16-24-62-25-17-33)42-13-11-36(27-46(42)63-38-26-35-15-20-50-47(35)52-32-38)54-22-18-49(19-23-54)29-37(30-49)55-21-5-1-2-8-44(55)41-7-4-3-6-40(41)34-9-10-34/h3-4,6-7,11-15,20,26-28,32-34,37,44,51H,1-2,5,8-10,16-19,21-25,29-31H2,(H,50,52)(H,53,57). The van der Waals surface area contributed by atoms with Crippen LogP contribution in [0.1, 0.15) is 110 Å². The van der Waals surface area contributed by atoms with Crippen molar-refractivity contribution in [3.05, 3.63) is 112 Å². The van der Waals surface area contributed by atoms with Crippen molar-refractivity contribution in [1.82, 2.24) is 19.6 Å². The minimum Gasteiger partial charge on any atom is -0.455 e. The lowest BCUT2D eigenvalue weighted by Crippen LogP contribution is -2.55. The second kappa shape index (κ2) is 17.8. The number of aromatic nitrogens is 2. The minimum atomic E-state index is -4.54. The number of H-pyrrole nitrogens is 1. The molecule has 14 nitrogen and oxygen atoms in total. The minimum absolute atomic E-state index is 0.00341. The van der Waals surface area contributed by atoms with Gasteiger partial charge in [-0.3, -0.25) is 19.8 Å². The molecule has 1 amide bonds. The van der Waals surface area contributed by atoms with Crippen LogP contribution in [0.25, 0.3) is 11.0 Å². The second-order valence-corrected chi connectivity index (χ2v) is 20.4. The molecular weight excluding hydrogens is 831 g/mol. The highest BCUT2D eigenvalue weighted by molar-refractivity contribution is 7.90. The molecule has 5 aliphatic rings.